The van der Waals surface area contributed by atoms with E-state index in [0.29, 0.717) is 0 Å². The molecule has 0 spiro atoms. The van der Waals surface area contributed by atoms with Gasteiger partial charge in [0.15, 0.2) is 0 Å². The van der Waals surface area contributed by atoms with Crippen LogP contribution in [0.2, 0.25) is 0 Å². The molecule has 0 fully saturated rings. The summed E-state index contributed by atoms with van der Waals surface area (Å²) < 4.78 is 2.21. The Morgan fingerprint density at radius 2 is 1.84 bits per heavy atom. The zero-order chi connectivity index (χ0) is 13.3. The van der Waals surface area contributed by atoms with Gasteiger partial charge in [-0.2, -0.15) is 0 Å². The Bertz CT molecular complexity index is 478. The lowest BCUT2D eigenvalue weighted by Gasteiger charge is -2.07. The van der Waals surface area contributed by atoms with Gasteiger partial charge in [0.1, 0.15) is 0 Å². The van der Waals surface area contributed by atoms with E-state index in [2.05, 4.69) is 45.3 Å². The highest BCUT2D eigenvalue weighted by atomic mass is 15.1. The molecule has 0 aliphatic carbocycles. The second-order valence-corrected chi connectivity index (χ2v) is 4.78. The molecule has 4 heteroatoms. The summed E-state index contributed by atoms with van der Waals surface area (Å²) in [6.45, 7) is 7.47. The van der Waals surface area contributed by atoms with Crippen molar-refractivity contribution in [2.75, 3.05) is 26.2 Å². The summed E-state index contributed by atoms with van der Waals surface area (Å²) in [5.74, 6) is 0. The first-order chi connectivity index (χ1) is 9.42. The standard InChI is InChI=1S/C15H24N4/c1-2-8-16-9-5-10-17-11-12-19-13-18-14-6-3-4-7-15(14)19/h3-4,6-7,13,16-17H,2,5,8-12H2,1H3. The second kappa shape index (κ2) is 7.92. The van der Waals surface area contributed by atoms with Gasteiger partial charge in [-0.05, 0) is 44.6 Å². The fourth-order valence-electron chi connectivity index (χ4n) is 2.15. The van der Waals surface area contributed by atoms with Gasteiger partial charge in [0, 0.05) is 13.1 Å². The predicted octanol–water partition coefficient (Wildman–Crippen LogP) is 2.02. The second-order valence-electron chi connectivity index (χ2n) is 4.78. The van der Waals surface area contributed by atoms with Crippen LogP contribution in [0.15, 0.2) is 30.6 Å². The van der Waals surface area contributed by atoms with Gasteiger partial charge in [0.2, 0.25) is 0 Å². The molecule has 0 amide bonds. The molecule has 2 aromatic rings. The molecule has 0 atom stereocenters. The number of aromatic nitrogens is 2. The summed E-state index contributed by atoms with van der Waals surface area (Å²) in [5, 5.41) is 6.89. The van der Waals surface area contributed by atoms with E-state index in [-0.39, 0.29) is 0 Å². The minimum Gasteiger partial charge on any atom is -0.329 e. The zero-order valence-electron chi connectivity index (χ0n) is 11.7. The molecular formula is C15H24N4. The molecule has 104 valence electrons. The van der Waals surface area contributed by atoms with E-state index in [9.17, 15) is 0 Å². The van der Waals surface area contributed by atoms with Gasteiger partial charge in [-0.25, -0.2) is 4.98 Å². The Morgan fingerprint density at radius 1 is 1.05 bits per heavy atom. The average molecular weight is 260 g/mol. The van der Waals surface area contributed by atoms with Gasteiger partial charge in [-0.3, -0.25) is 0 Å². The van der Waals surface area contributed by atoms with Crippen molar-refractivity contribution in [3.8, 4) is 0 Å². The van der Waals surface area contributed by atoms with Crippen molar-refractivity contribution in [3.63, 3.8) is 0 Å². The number of fused-ring (bicyclic) bond motifs is 1. The SMILES string of the molecule is CCCNCCCNCCn1cnc2ccccc21. The minimum absolute atomic E-state index is 0.975. The third-order valence-corrected chi connectivity index (χ3v) is 3.19. The minimum atomic E-state index is 0.975. The maximum Gasteiger partial charge on any atom is 0.0958 e. The van der Waals surface area contributed by atoms with Crippen molar-refractivity contribution >= 4 is 11.0 Å². The third kappa shape index (κ3) is 4.33. The average Bonchev–Trinajstić information content (AvgIpc) is 2.85. The molecule has 1 heterocycles. The highest BCUT2D eigenvalue weighted by Crippen LogP contribution is 2.10. The van der Waals surface area contributed by atoms with Crippen LogP contribution in [0.1, 0.15) is 19.8 Å². The highest BCUT2D eigenvalue weighted by molar-refractivity contribution is 5.74. The molecule has 2 rings (SSSR count). The number of hydrogen-bond acceptors (Lipinski definition) is 3. The Balaban J connectivity index is 1.63. The predicted molar refractivity (Wildman–Crippen MR) is 80.4 cm³/mol. The van der Waals surface area contributed by atoms with Crippen LogP contribution in [-0.4, -0.2) is 35.7 Å². The molecule has 0 bridgehead atoms. The number of nitrogens with one attached hydrogen (secondary N) is 2. The molecule has 2 N–H and O–H groups in total. The first-order valence-electron chi connectivity index (χ1n) is 7.23. The lowest BCUT2D eigenvalue weighted by Crippen LogP contribution is -2.25. The van der Waals surface area contributed by atoms with E-state index in [4.69, 9.17) is 0 Å². The van der Waals surface area contributed by atoms with Gasteiger partial charge >= 0.3 is 0 Å². The first kappa shape index (κ1) is 14.0. The van der Waals surface area contributed by atoms with Crippen molar-refractivity contribution in [2.45, 2.75) is 26.3 Å². The monoisotopic (exact) mass is 260 g/mol. The number of hydrogen-bond donors (Lipinski definition) is 2. The molecule has 0 aliphatic rings. The Hall–Kier alpha value is -1.39. The van der Waals surface area contributed by atoms with E-state index in [0.717, 1.165) is 38.2 Å². The fourth-order valence-corrected chi connectivity index (χ4v) is 2.15. The van der Waals surface area contributed by atoms with Crippen LogP contribution in [0.5, 0.6) is 0 Å². The number of para-hydroxylation sites is 2. The fraction of sp³-hybridized carbons (Fsp3) is 0.533. The summed E-state index contributed by atoms with van der Waals surface area (Å²) in [6, 6.07) is 8.27. The molecule has 4 nitrogen and oxygen atoms in total. The van der Waals surface area contributed by atoms with Crippen molar-refractivity contribution in [1.29, 1.82) is 0 Å². The van der Waals surface area contributed by atoms with Gasteiger partial charge in [-0.15, -0.1) is 0 Å². The lowest BCUT2D eigenvalue weighted by molar-refractivity contribution is 0.565. The van der Waals surface area contributed by atoms with Crippen LogP contribution in [-0.2, 0) is 6.54 Å². The summed E-state index contributed by atoms with van der Waals surface area (Å²) >= 11 is 0. The normalized spacial score (nSPS) is 11.2. The molecule has 1 aromatic heterocycles. The van der Waals surface area contributed by atoms with Gasteiger partial charge in [-0.1, -0.05) is 19.1 Å². The molecule has 19 heavy (non-hydrogen) atoms. The summed E-state index contributed by atoms with van der Waals surface area (Å²) in [7, 11) is 0. The van der Waals surface area contributed by atoms with E-state index < -0.39 is 0 Å². The topological polar surface area (TPSA) is 41.9 Å². The summed E-state index contributed by atoms with van der Waals surface area (Å²) in [5.41, 5.74) is 2.29. The Morgan fingerprint density at radius 3 is 2.68 bits per heavy atom. The molecular weight excluding hydrogens is 236 g/mol. The number of imidazole rings is 1. The first-order valence-corrected chi connectivity index (χ1v) is 7.23. The van der Waals surface area contributed by atoms with Crippen molar-refractivity contribution in [3.05, 3.63) is 30.6 Å². The van der Waals surface area contributed by atoms with Crippen molar-refractivity contribution < 1.29 is 0 Å². The highest BCUT2D eigenvalue weighted by Gasteiger charge is 2.00. The van der Waals surface area contributed by atoms with Gasteiger partial charge in [0.25, 0.3) is 0 Å². The molecule has 0 saturated heterocycles. The maximum absolute atomic E-state index is 4.39. The smallest absolute Gasteiger partial charge is 0.0958 e. The molecule has 0 saturated carbocycles. The van der Waals surface area contributed by atoms with E-state index in [1.165, 1.54) is 18.4 Å². The van der Waals surface area contributed by atoms with Crippen molar-refractivity contribution in [2.24, 2.45) is 0 Å². The van der Waals surface area contributed by atoms with Crippen molar-refractivity contribution in [1.82, 2.24) is 20.2 Å². The summed E-state index contributed by atoms with van der Waals surface area (Å²) in [4.78, 5) is 4.39. The molecule has 0 radical (unpaired) electrons. The maximum atomic E-state index is 4.39. The van der Waals surface area contributed by atoms with Gasteiger partial charge < -0.3 is 15.2 Å². The van der Waals surface area contributed by atoms with Crippen LogP contribution in [0.25, 0.3) is 11.0 Å². The summed E-state index contributed by atoms with van der Waals surface area (Å²) in [6.07, 6.45) is 4.32. The quantitative estimate of drug-likeness (QED) is 0.678. The largest absolute Gasteiger partial charge is 0.329 e. The molecule has 0 unspecified atom stereocenters. The van der Waals surface area contributed by atoms with Crippen LogP contribution in [0.4, 0.5) is 0 Å². The van der Waals surface area contributed by atoms with Crippen LogP contribution >= 0.6 is 0 Å². The Labute approximate surface area is 115 Å². The number of nitrogens with zero attached hydrogens (tertiary/aromatic N) is 2. The van der Waals surface area contributed by atoms with E-state index in [1.54, 1.807) is 0 Å². The Kier molecular flexibility index (Phi) is 5.85. The van der Waals surface area contributed by atoms with E-state index >= 15 is 0 Å². The number of benzene rings is 1. The zero-order valence-corrected chi connectivity index (χ0v) is 11.7. The van der Waals surface area contributed by atoms with Gasteiger partial charge in [0.05, 0.1) is 17.4 Å². The van der Waals surface area contributed by atoms with E-state index in [1.807, 2.05) is 12.4 Å². The van der Waals surface area contributed by atoms with Crippen LogP contribution in [0.3, 0.4) is 0 Å². The van der Waals surface area contributed by atoms with Crippen LogP contribution in [0, 0.1) is 0 Å². The lowest BCUT2D eigenvalue weighted by atomic mass is 10.3. The third-order valence-electron chi connectivity index (χ3n) is 3.19. The number of rotatable bonds is 9. The molecule has 1 aromatic carbocycles. The molecule has 0 aliphatic heterocycles. The van der Waals surface area contributed by atoms with Crippen LogP contribution < -0.4 is 10.6 Å².